The van der Waals surface area contributed by atoms with E-state index in [1.165, 1.54) is 36.9 Å². The third-order valence-electron chi connectivity index (χ3n) is 4.32. The van der Waals surface area contributed by atoms with Gasteiger partial charge < -0.3 is 10.2 Å². The molecule has 0 bridgehead atoms. The second kappa shape index (κ2) is 6.62. The Hall–Kier alpha value is -0.730. The maximum atomic E-state index is 6.44. The number of rotatable bonds is 5. The van der Waals surface area contributed by atoms with Gasteiger partial charge in [-0.1, -0.05) is 30.5 Å². The van der Waals surface area contributed by atoms with Gasteiger partial charge in [0.05, 0.1) is 0 Å². The molecular formula is C16H25ClN2. The number of hydrogen-bond donors (Lipinski definition) is 1. The first-order chi connectivity index (χ1) is 9.17. The molecule has 1 aromatic carbocycles. The smallest absolute Gasteiger partial charge is 0.0474 e. The lowest BCUT2D eigenvalue weighted by Gasteiger charge is -2.30. The van der Waals surface area contributed by atoms with Crippen molar-refractivity contribution in [2.45, 2.75) is 51.6 Å². The molecule has 106 valence electrons. The zero-order chi connectivity index (χ0) is 13.8. The number of hydrogen-bond acceptors (Lipinski definition) is 2. The molecule has 1 aromatic rings. The number of nitrogens with zero attached hydrogens (tertiary/aromatic N) is 1. The minimum absolute atomic E-state index is 0.295. The molecule has 19 heavy (non-hydrogen) atoms. The molecule has 0 radical (unpaired) electrons. The van der Waals surface area contributed by atoms with Crippen LogP contribution in [0, 0.1) is 0 Å². The number of halogens is 1. The van der Waals surface area contributed by atoms with Crippen molar-refractivity contribution in [1.82, 2.24) is 5.32 Å². The van der Waals surface area contributed by atoms with E-state index < -0.39 is 0 Å². The molecule has 1 atom stereocenters. The monoisotopic (exact) mass is 280 g/mol. The first kappa shape index (κ1) is 14.7. The van der Waals surface area contributed by atoms with Crippen molar-refractivity contribution in [2.75, 3.05) is 18.5 Å². The van der Waals surface area contributed by atoms with E-state index in [0.717, 1.165) is 11.6 Å². The molecule has 1 N–H and O–H groups in total. The van der Waals surface area contributed by atoms with Crippen molar-refractivity contribution in [3.63, 3.8) is 0 Å². The summed E-state index contributed by atoms with van der Waals surface area (Å²) in [5, 5.41) is 4.11. The summed E-state index contributed by atoms with van der Waals surface area (Å²) in [6.07, 6.45) is 5.37. The average Bonchev–Trinajstić information content (AvgIpc) is 2.93. The zero-order valence-corrected chi connectivity index (χ0v) is 13.0. The number of benzene rings is 1. The van der Waals surface area contributed by atoms with Crippen molar-refractivity contribution < 1.29 is 0 Å². The van der Waals surface area contributed by atoms with E-state index in [9.17, 15) is 0 Å². The molecule has 1 saturated carbocycles. The summed E-state index contributed by atoms with van der Waals surface area (Å²) in [5.41, 5.74) is 2.45. The highest BCUT2D eigenvalue weighted by atomic mass is 35.5. The standard InChI is InChI=1S/C16H25ClN2/c1-4-19(13-7-5-6-8-13)14-9-10-15(12(2)18-3)16(17)11-14/h9-13,18H,4-8H2,1-3H3. The Labute approximate surface area is 122 Å². The molecule has 2 rings (SSSR count). The maximum absolute atomic E-state index is 6.44. The van der Waals surface area contributed by atoms with Crippen LogP contribution in [0.1, 0.15) is 51.1 Å². The SMILES string of the molecule is CCN(c1ccc(C(C)NC)c(Cl)c1)C1CCCC1. The molecule has 0 amide bonds. The summed E-state index contributed by atoms with van der Waals surface area (Å²) < 4.78 is 0. The predicted octanol–water partition coefficient (Wildman–Crippen LogP) is 4.39. The summed E-state index contributed by atoms with van der Waals surface area (Å²) in [6, 6.07) is 7.51. The van der Waals surface area contributed by atoms with Crippen LogP contribution in [0.5, 0.6) is 0 Å². The second-order valence-corrected chi connectivity index (χ2v) is 5.85. The van der Waals surface area contributed by atoms with Gasteiger partial charge in [0.1, 0.15) is 0 Å². The Morgan fingerprint density at radius 2 is 2.05 bits per heavy atom. The molecule has 0 aliphatic heterocycles. The second-order valence-electron chi connectivity index (χ2n) is 5.44. The molecule has 2 nitrogen and oxygen atoms in total. The Kier molecular flexibility index (Phi) is 5.12. The Bertz CT molecular complexity index is 413. The first-order valence-corrected chi connectivity index (χ1v) is 7.78. The summed E-state index contributed by atoms with van der Waals surface area (Å²) in [7, 11) is 1.96. The molecule has 1 unspecified atom stereocenters. The summed E-state index contributed by atoms with van der Waals surface area (Å²) in [5.74, 6) is 0. The highest BCUT2D eigenvalue weighted by molar-refractivity contribution is 6.31. The third kappa shape index (κ3) is 3.24. The summed E-state index contributed by atoms with van der Waals surface area (Å²) >= 11 is 6.44. The maximum Gasteiger partial charge on any atom is 0.0474 e. The minimum Gasteiger partial charge on any atom is -0.369 e. The lowest BCUT2D eigenvalue weighted by atomic mass is 10.1. The van der Waals surface area contributed by atoms with Crippen LogP contribution in [0.2, 0.25) is 5.02 Å². The van der Waals surface area contributed by atoms with Crippen LogP contribution >= 0.6 is 11.6 Å². The Balaban J connectivity index is 2.22. The van der Waals surface area contributed by atoms with Gasteiger partial charge in [-0.2, -0.15) is 0 Å². The Morgan fingerprint density at radius 1 is 1.37 bits per heavy atom. The molecule has 1 aliphatic carbocycles. The van der Waals surface area contributed by atoms with Crippen molar-refractivity contribution in [2.24, 2.45) is 0 Å². The van der Waals surface area contributed by atoms with E-state index in [2.05, 4.69) is 42.3 Å². The van der Waals surface area contributed by atoms with Crippen molar-refractivity contribution in [1.29, 1.82) is 0 Å². The largest absolute Gasteiger partial charge is 0.369 e. The van der Waals surface area contributed by atoms with Crippen LogP contribution < -0.4 is 10.2 Å². The fourth-order valence-corrected chi connectivity index (χ4v) is 3.41. The topological polar surface area (TPSA) is 15.3 Å². The van der Waals surface area contributed by atoms with Gasteiger partial charge in [0.2, 0.25) is 0 Å². The van der Waals surface area contributed by atoms with E-state index in [1.54, 1.807) is 0 Å². The molecular weight excluding hydrogens is 256 g/mol. The fraction of sp³-hybridized carbons (Fsp3) is 0.625. The number of nitrogens with one attached hydrogen (secondary N) is 1. The van der Waals surface area contributed by atoms with Crippen molar-refractivity contribution in [3.8, 4) is 0 Å². The van der Waals surface area contributed by atoms with Gasteiger partial charge in [-0.15, -0.1) is 0 Å². The van der Waals surface area contributed by atoms with Gasteiger partial charge >= 0.3 is 0 Å². The van der Waals surface area contributed by atoms with Crippen LogP contribution in [-0.4, -0.2) is 19.6 Å². The molecule has 3 heteroatoms. The summed E-state index contributed by atoms with van der Waals surface area (Å²) in [6.45, 7) is 5.42. The normalized spacial score (nSPS) is 17.7. The first-order valence-electron chi connectivity index (χ1n) is 7.40. The zero-order valence-electron chi connectivity index (χ0n) is 12.2. The van der Waals surface area contributed by atoms with Gasteiger partial charge in [0, 0.05) is 29.3 Å². The van der Waals surface area contributed by atoms with Crippen LogP contribution in [0.4, 0.5) is 5.69 Å². The Morgan fingerprint density at radius 3 is 2.58 bits per heavy atom. The quantitative estimate of drug-likeness (QED) is 0.860. The predicted molar refractivity (Wildman–Crippen MR) is 84.2 cm³/mol. The molecule has 0 aromatic heterocycles. The van der Waals surface area contributed by atoms with E-state index in [4.69, 9.17) is 11.6 Å². The van der Waals surface area contributed by atoms with Gasteiger partial charge in [0.15, 0.2) is 0 Å². The van der Waals surface area contributed by atoms with Crippen LogP contribution in [-0.2, 0) is 0 Å². The lowest BCUT2D eigenvalue weighted by molar-refractivity contribution is 0.618. The minimum atomic E-state index is 0.295. The van der Waals surface area contributed by atoms with Crippen molar-refractivity contribution >= 4 is 17.3 Å². The third-order valence-corrected chi connectivity index (χ3v) is 4.65. The summed E-state index contributed by atoms with van der Waals surface area (Å²) in [4.78, 5) is 2.51. The van der Waals surface area contributed by atoms with Crippen LogP contribution in [0.25, 0.3) is 0 Å². The van der Waals surface area contributed by atoms with Gasteiger partial charge in [-0.25, -0.2) is 0 Å². The van der Waals surface area contributed by atoms with E-state index in [0.29, 0.717) is 12.1 Å². The van der Waals surface area contributed by atoms with Gasteiger partial charge in [-0.3, -0.25) is 0 Å². The van der Waals surface area contributed by atoms with Crippen LogP contribution in [0.15, 0.2) is 18.2 Å². The fourth-order valence-electron chi connectivity index (χ4n) is 3.07. The molecule has 0 saturated heterocycles. The van der Waals surface area contributed by atoms with Gasteiger partial charge in [-0.05, 0) is 51.4 Å². The van der Waals surface area contributed by atoms with E-state index >= 15 is 0 Å². The molecule has 1 fully saturated rings. The van der Waals surface area contributed by atoms with E-state index in [-0.39, 0.29) is 0 Å². The molecule has 0 spiro atoms. The lowest BCUT2D eigenvalue weighted by Crippen LogP contribution is -2.32. The van der Waals surface area contributed by atoms with Gasteiger partial charge in [0.25, 0.3) is 0 Å². The highest BCUT2D eigenvalue weighted by Gasteiger charge is 2.22. The highest BCUT2D eigenvalue weighted by Crippen LogP contribution is 2.32. The number of anilines is 1. The van der Waals surface area contributed by atoms with Crippen molar-refractivity contribution in [3.05, 3.63) is 28.8 Å². The van der Waals surface area contributed by atoms with Crippen LogP contribution in [0.3, 0.4) is 0 Å². The molecule has 1 aliphatic rings. The average molecular weight is 281 g/mol. The molecule has 0 heterocycles. The van der Waals surface area contributed by atoms with E-state index in [1.807, 2.05) is 7.05 Å².